The third kappa shape index (κ3) is 3.07. The van der Waals surface area contributed by atoms with Crippen LogP contribution in [0.25, 0.3) is 10.9 Å². The molecule has 3 aromatic rings. The maximum absolute atomic E-state index is 13.2. The van der Waals surface area contributed by atoms with Gasteiger partial charge in [0.1, 0.15) is 5.82 Å². The molecule has 0 saturated carbocycles. The molecule has 0 spiro atoms. The first-order valence-electron chi connectivity index (χ1n) is 8.76. The van der Waals surface area contributed by atoms with Crippen molar-refractivity contribution >= 4 is 22.5 Å². The summed E-state index contributed by atoms with van der Waals surface area (Å²) in [6, 6.07) is 13.1. The number of hydrogen-bond donors (Lipinski definition) is 0. The van der Waals surface area contributed by atoms with E-state index in [1.807, 2.05) is 18.2 Å². The van der Waals surface area contributed by atoms with Gasteiger partial charge >= 0.3 is 0 Å². The summed E-state index contributed by atoms with van der Waals surface area (Å²) in [5.41, 5.74) is 5.24. The summed E-state index contributed by atoms with van der Waals surface area (Å²) < 4.78 is 15.7. The maximum atomic E-state index is 13.2. The molecular weight excluding hydrogens is 335 g/mol. The van der Waals surface area contributed by atoms with Gasteiger partial charge in [0.15, 0.2) is 0 Å². The quantitative estimate of drug-likeness (QED) is 0.624. The van der Waals surface area contributed by atoms with E-state index in [-0.39, 0.29) is 5.82 Å². The number of nitrogens with zero attached hydrogens (tertiary/aromatic N) is 2. The van der Waals surface area contributed by atoms with E-state index in [0.717, 1.165) is 31.1 Å². The molecule has 4 rings (SSSR count). The van der Waals surface area contributed by atoms with Gasteiger partial charge in [0.2, 0.25) is 0 Å². The normalized spacial score (nSPS) is 16.2. The van der Waals surface area contributed by atoms with Gasteiger partial charge in [0.25, 0.3) is 0 Å². The van der Waals surface area contributed by atoms with Crippen LogP contribution in [0.1, 0.15) is 29.7 Å². The van der Waals surface area contributed by atoms with Crippen LogP contribution in [0.5, 0.6) is 0 Å². The van der Waals surface area contributed by atoms with Crippen LogP contribution in [0.2, 0.25) is 5.02 Å². The molecule has 1 aliphatic heterocycles. The molecule has 0 unspecified atom stereocenters. The highest BCUT2D eigenvalue weighted by molar-refractivity contribution is 6.31. The zero-order valence-corrected chi connectivity index (χ0v) is 15.4. The van der Waals surface area contributed by atoms with Crippen molar-refractivity contribution in [1.82, 2.24) is 9.47 Å². The molecule has 1 atom stereocenters. The zero-order chi connectivity index (χ0) is 17.6. The number of fused-ring (bicyclic) bond motifs is 3. The molecule has 2 nitrogen and oxygen atoms in total. The Labute approximate surface area is 152 Å². The maximum Gasteiger partial charge on any atom is 0.123 e. The third-order valence-electron chi connectivity index (χ3n) is 5.30. The molecule has 25 heavy (non-hydrogen) atoms. The fourth-order valence-corrected chi connectivity index (χ4v) is 4.11. The lowest BCUT2D eigenvalue weighted by atomic mass is 10.0. The van der Waals surface area contributed by atoms with Crippen LogP contribution in [0.4, 0.5) is 4.39 Å². The van der Waals surface area contributed by atoms with E-state index in [0.29, 0.717) is 5.92 Å². The predicted molar refractivity (Wildman–Crippen MR) is 102 cm³/mol. The van der Waals surface area contributed by atoms with Gasteiger partial charge in [-0.25, -0.2) is 4.39 Å². The van der Waals surface area contributed by atoms with Crippen LogP contribution in [0.3, 0.4) is 0 Å². The second-order valence-corrected chi connectivity index (χ2v) is 7.57. The molecule has 0 bridgehead atoms. The SMILES string of the molecule is C[C@H](Cn1c2c(c3cc(Cl)ccc31)CN(C)CC2)c1ccc(F)cc1. The topological polar surface area (TPSA) is 8.17 Å². The molecule has 0 N–H and O–H groups in total. The molecule has 1 aromatic heterocycles. The molecule has 1 aliphatic rings. The number of benzene rings is 2. The summed E-state index contributed by atoms with van der Waals surface area (Å²) in [5, 5.41) is 2.05. The van der Waals surface area contributed by atoms with Crippen LogP contribution in [-0.2, 0) is 19.5 Å². The zero-order valence-electron chi connectivity index (χ0n) is 14.6. The summed E-state index contributed by atoms with van der Waals surface area (Å²) >= 11 is 6.26. The Morgan fingerprint density at radius 3 is 2.68 bits per heavy atom. The largest absolute Gasteiger partial charge is 0.344 e. The first-order valence-corrected chi connectivity index (χ1v) is 9.14. The monoisotopic (exact) mass is 356 g/mol. The third-order valence-corrected chi connectivity index (χ3v) is 5.54. The van der Waals surface area contributed by atoms with Gasteiger partial charge in [-0.3, -0.25) is 0 Å². The lowest BCUT2D eigenvalue weighted by Crippen LogP contribution is -2.27. The van der Waals surface area contributed by atoms with Crippen molar-refractivity contribution in [3.63, 3.8) is 0 Å². The smallest absolute Gasteiger partial charge is 0.123 e. The fourth-order valence-electron chi connectivity index (χ4n) is 3.94. The van der Waals surface area contributed by atoms with Crippen LogP contribution < -0.4 is 0 Å². The average molecular weight is 357 g/mol. The highest BCUT2D eigenvalue weighted by atomic mass is 35.5. The summed E-state index contributed by atoms with van der Waals surface area (Å²) in [7, 11) is 2.16. The summed E-state index contributed by atoms with van der Waals surface area (Å²) in [4.78, 5) is 2.36. The molecular formula is C21H22ClFN2. The lowest BCUT2D eigenvalue weighted by molar-refractivity contribution is 0.308. The van der Waals surface area contributed by atoms with Crippen LogP contribution in [-0.4, -0.2) is 23.1 Å². The second kappa shape index (κ2) is 6.47. The standard InChI is InChI=1S/C21H22ClFN2/c1-14(15-3-6-17(23)7-4-15)12-25-20-8-5-16(22)11-18(20)19-13-24(2)10-9-21(19)25/h3-8,11,14H,9-10,12-13H2,1-2H3/t14-/m1/s1. The van der Waals surface area contributed by atoms with Crippen molar-refractivity contribution in [2.75, 3.05) is 13.6 Å². The highest BCUT2D eigenvalue weighted by Gasteiger charge is 2.23. The van der Waals surface area contributed by atoms with Gasteiger partial charge in [-0.2, -0.15) is 0 Å². The minimum atomic E-state index is -0.183. The molecule has 130 valence electrons. The molecule has 0 saturated heterocycles. The lowest BCUT2D eigenvalue weighted by Gasteiger charge is -2.25. The van der Waals surface area contributed by atoms with Crippen molar-refractivity contribution in [2.24, 2.45) is 0 Å². The first kappa shape index (κ1) is 16.6. The van der Waals surface area contributed by atoms with Crippen molar-refractivity contribution < 1.29 is 4.39 Å². The molecule has 2 aromatic carbocycles. The summed E-state index contributed by atoms with van der Waals surface area (Å²) in [6.07, 6.45) is 1.05. The summed E-state index contributed by atoms with van der Waals surface area (Å²) in [6.45, 7) is 5.13. The molecule has 0 amide bonds. The second-order valence-electron chi connectivity index (χ2n) is 7.14. The Kier molecular flexibility index (Phi) is 4.30. The molecule has 0 aliphatic carbocycles. The number of likely N-dealkylation sites (N-methyl/N-ethyl adjacent to an activating group) is 1. The van der Waals surface area contributed by atoms with Gasteiger partial charge in [0, 0.05) is 47.7 Å². The minimum absolute atomic E-state index is 0.183. The van der Waals surface area contributed by atoms with Gasteiger partial charge in [-0.1, -0.05) is 30.7 Å². The predicted octanol–water partition coefficient (Wildman–Crippen LogP) is 5.23. The Hall–Kier alpha value is -1.84. The minimum Gasteiger partial charge on any atom is -0.344 e. The summed E-state index contributed by atoms with van der Waals surface area (Å²) in [5.74, 6) is 0.132. The van der Waals surface area contributed by atoms with Crippen molar-refractivity contribution in [1.29, 1.82) is 0 Å². The van der Waals surface area contributed by atoms with Crippen LogP contribution in [0, 0.1) is 5.82 Å². The Balaban J connectivity index is 1.77. The van der Waals surface area contributed by atoms with Gasteiger partial charge in [-0.15, -0.1) is 0 Å². The van der Waals surface area contributed by atoms with E-state index in [9.17, 15) is 4.39 Å². The Morgan fingerprint density at radius 1 is 1.16 bits per heavy atom. The van der Waals surface area contributed by atoms with Gasteiger partial charge in [-0.05, 0) is 54.4 Å². The van der Waals surface area contributed by atoms with Crippen LogP contribution >= 0.6 is 11.6 Å². The van der Waals surface area contributed by atoms with E-state index in [2.05, 4.69) is 35.6 Å². The average Bonchev–Trinajstić information content (AvgIpc) is 2.88. The fraction of sp³-hybridized carbons (Fsp3) is 0.333. The number of aromatic nitrogens is 1. The van der Waals surface area contributed by atoms with E-state index < -0.39 is 0 Å². The number of hydrogen-bond acceptors (Lipinski definition) is 1. The van der Waals surface area contributed by atoms with Gasteiger partial charge in [0.05, 0.1) is 0 Å². The van der Waals surface area contributed by atoms with Crippen molar-refractivity contribution in [2.45, 2.75) is 32.4 Å². The Bertz CT molecular complexity index is 914. The van der Waals surface area contributed by atoms with Gasteiger partial charge < -0.3 is 9.47 Å². The van der Waals surface area contributed by atoms with Crippen LogP contribution in [0.15, 0.2) is 42.5 Å². The van der Waals surface area contributed by atoms with E-state index >= 15 is 0 Å². The first-order chi connectivity index (χ1) is 12.0. The molecule has 0 fully saturated rings. The van der Waals surface area contributed by atoms with E-state index in [4.69, 9.17) is 11.6 Å². The number of rotatable bonds is 3. The van der Waals surface area contributed by atoms with E-state index in [1.54, 1.807) is 12.1 Å². The Morgan fingerprint density at radius 2 is 1.92 bits per heavy atom. The molecule has 4 heteroatoms. The molecule has 2 heterocycles. The van der Waals surface area contributed by atoms with Crippen molar-refractivity contribution in [3.05, 3.63) is 70.1 Å². The molecule has 0 radical (unpaired) electrons. The van der Waals surface area contributed by atoms with E-state index in [1.165, 1.54) is 27.7 Å². The highest BCUT2D eigenvalue weighted by Crippen LogP contribution is 2.34. The number of halogens is 2. The van der Waals surface area contributed by atoms with Crippen molar-refractivity contribution in [3.8, 4) is 0 Å².